The van der Waals surface area contributed by atoms with Crippen molar-refractivity contribution in [2.75, 3.05) is 19.6 Å². The van der Waals surface area contributed by atoms with Gasteiger partial charge in [0.1, 0.15) is 0 Å². The van der Waals surface area contributed by atoms with E-state index < -0.39 is 0 Å². The summed E-state index contributed by atoms with van der Waals surface area (Å²) in [6.45, 7) is 11.1. The maximum Gasteiger partial charge on any atom is 0.0641 e. The van der Waals surface area contributed by atoms with Crippen LogP contribution in [0.5, 0.6) is 0 Å². The van der Waals surface area contributed by atoms with Gasteiger partial charge in [-0.15, -0.1) is 0 Å². The van der Waals surface area contributed by atoms with Gasteiger partial charge < -0.3 is 5.32 Å². The molecule has 1 fully saturated rings. The van der Waals surface area contributed by atoms with Crippen LogP contribution in [0.1, 0.15) is 43.1 Å². The van der Waals surface area contributed by atoms with Crippen LogP contribution in [0, 0.1) is 13.8 Å². The highest BCUT2D eigenvalue weighted by atomic mass is 15.3. The minimum atomic E-state index is 0.688. The second kappa shape index (κ2) is 6.53. The van der Waals surface area contributed by atoms with Gasteiger partial charge in [-0.1, -0.05) is 6.92 Å². The fourth-order valence-corrected chi connectivity index (χ4v) is 3.07. The van der Waals surface area contributed by atoms with Gasteiger partial charge in [-0.25, -0.2) is 0 Å². The molecule has 1 aromatic rings. The van der Waals surface area contributed by atoms with E-state index in [1.807, 2.05) is 11.7 Å². The third-order valence-corrected chi connectivity index (χ3v) is 4.32. The molecule has 19 heavy (non-hydrogen) atoms. The van der Waals surface area contributed by atoms with Crippen molar-refractivity contribution in [3.05, 3.63) is 17.0 Å². The minimum Gasteiger partial charge on any atom is -0.315 e. The zero-order chi connectivity index (χ0) is 13.8. The number of aryl methyl sites for hydroxylation is 2. The van der Waals surface area contributed by atoms with Gasteiger partial charge in [-0.2, -0.15) is 5.10 Å². The zero-order valence-corrected chi connectivity index (χ0v) is 12.9. The SMILES string of the molecule is CCCN(Cc1c(C)nn(C)c1C)C1CCCNC1. The number of aromatic nitrogens is 2. The van der Waals surface area contributed by atoms with Gasteiger partial charge in [0.25, 0.3) is 0 Å². The Morgan fingerprint density at radius 2 is 2.21 bits per heavy atom. The molecule has 1 atom stereocenters. The quantitative estimate of drug-likeness (QED) is 0.883. The second-order valence-electron chi connectivity index (χ2n) is 5.74. The smallest absolute Gasteiger partial charge is 0.0641 e. The molecule has 1 unspecified atom stereocenters. The molecule has 108 valence electrons. The predicted molar refractivity (Wildman–Crippen MR) is 79.3 cm³/mol. The third-order valence-electron chi connectivity index (χ3n) is 4.32. The highest BCUT2D eigenvalue weighted by Crippen LogP contribution is 2.19. The fraction of sp³-hybridized carbons (Fsp3) is 0.800. The summed E-state index contributed by atoms with van der Waals surface area (Å²) in [4.78, 5) is 2.64. The summed E-state index contributed by atoms with van der Waals surface area (Å²) in [7, 11) is 2.04. The van der Waals surface area contributed by atoms with Crippen molar-refractivity contribution in [3.8, 4) is 0 Å². The Morgan fingerprint density at radius 3 is 2.74 bits per heavy atom. The Kier molecular flexibility index (Phi) is 4.99. The van der Waals surface area contributed by atoms with E-state index in [0.717, 1.165) is 13.1 Å². The van der Waals surface area contributed by atoms with Crippen LogP contribution in [0.3, 0.4) is 0 Å². The van der Waals surface area contributed by atoms with Gasteiger partial charge in [0.05, 0.1) is 5.69 Å². The highest BCUT2D eigenvalue weighted by Gasteiger charge is 2.22. The molecule has 0 spiro atoms. The van der Waals surface area contributed by atoms with Crippen LogP contribution in [0.25, 0.3) is 0 Å². The zero-order valence-electron chi connectivity index (χ0n) is 12.9. The van der Waals surface area contributed by atoms with Crippen molar-refractivity contribution >= 4 is 0 Å². The number of hydrogen-bond donors (Lipinski definition) is 1. The summed E-state index contributed by atoms with van der Waals surface area (Å²) in [5, 5.41) is 8.07. The van der Waals surface area contributed by atoms with E-state index in [4.69, 9.17) is 0 Å². The first-order valence-electron chi connectivity index (χ1n) is 7.57. The van der Waals surface area contributed by atoms with Crippen LogP contribution in [-0.4, -0.2) is 40.4 Å². The lowest BCUT2D eigenvalue weighted by atomic mass is 10.0. The molecule has 0 saturated carbocycles. The standard InChI is InChI=1S/C15H28N4/c1-5-9-19(14-7-6-8-16-10-14)11-15-12(2)17-18(4)13(15)3/h14,16H,5-11H2,1-4H3. The Balaban J connectivity index is 2.11. The molecule has 0 radical (unpaired) electrons. The summed E-state index contributed by atoms with van der Waals surface area (Å²) in [6, 6.07) is 0.688. The highest BCUT2D eigenvalue weighted by molar-refractivity contribution is 5.24. The number of hydrogen-bond acceptors (Lipinski definition) is 3. The molecule has 4 heteroatoms. The summed E-state index contributed by atoms with van der Waals surface area (Å²) in [5.41, 5.74) is 3.91. The lowest BCUT2D eigenvalue weighted by Gasteiger charge is -2.34. The van der Waals surface area contributed by atoms with Crippen molar-refractivity contribution in [2.24, 2.45) is 7.05 Å². The number of piperidine rings is 1. The molecule has 0 aromatic carbocycles. The molecule has 0 bridgehead atoms. The van der Waals surface area contributed by atoms with Crippen LogP contribution in [0.4, 0.5) is 0 Å². The number of rotatable bonds is 5. The molecule has 2 rings (SSSR count). The molecular weight excluding hydrogens is 236 g/mol. The van der Waals surface area contributed by atoms with Crippen LogP contribution in [-0.2, 0) is 13.6 Å². The normalized spacial score (nSPS) is 20.2. The van der Waals surface area contributed by atoms with Gasteiger partial charge in [0, 0.05) is 37.4 Å². The molecule has 1 aliphatic heterocycles. The van der Waals surface area contributed by atoms with Crippen LogP contribution < -0.4 is 5.32 Å². The lowest BCUT2D eigenvalue weighted by molar-refractivity contribution is 0.157. The molecule has 2 heterocycles. The van der Waals surface area contributed by atoms with E-state index in [0.29, 0.717) is 6.04 Å². The van der Waals surface area contributed by atoms with Gasteiger partial charge >= 0.3 is 0 Å². The van der Waals surface area contributed by atoms with Crippen molar-refractivity contribution in [1.29, 1.82) is 0 Å². The third kappa shape index (κ3) is 3.37. The number of nitrogens with one attached hydrogen (secondary N) is 1. The molecule has 1 N–H and O–H groups in total. The minimum absolute atomic E-state index is 0.688. The summed E-state index contributed by atoms with van der Waals surface area (Å²) >= 11 is 0. The Morgan fingerprint density at radius 1 is 1.42 bits per heavy atom. The van der Waals surface area contributed by atoms with Crippen LogP contribution >= 0.6 is 0 Å². The summed E-state index contributed by atoms with van der Waals surface area (Å²) < 4.78 is 2.01. The summed E-state index contributed by atoms with van der Waals surface area (Å²) in [6.07, 6.45) is 3.84. The molecular formula is C15H28N4. The van der Waals surface area contributed by atoms with E-state index in [1.54, 1.807) is 0 Å². The van der Waals surface area contributed by atoms with Gasteiger partial charge in [0.15, 0.2) is 0 Å². The molecule has 0 amide bonds. The topological polar surface area (TPSA) is 33.1 Å². The summed E-state index contributed by atoms with van der Waals surface area (Å²) in [5.74, 6) is 0. The van der Waals surface area contributed by atoms with E-state index in [-0.39, 0.29) is 0 Å². The van der Waals surface area contributed by atoms with Crippen LogP contribution in [0.2, 0.25) is 0 Å². The maximum atomic E-state index is 4.54. The largest absolute Gasteiger partial charge is 0.315 e. The van der Waals surface area contributed by atoms with Crippen molar-refractivity contribution in [2.45, 2.75) is 52.6 Å². The Labute approximate surface area is 117 Å². The van der Waals surface area contributed by atoms with Crippen molar-refractivity contribution in [1.82, 2.24) is 20.0 Å². The van der Waals surface area contributed by atoms with E-state index in [1.165, 1.54) is 49.3 Å². The second-order valence-corrected chi connectivity index (χ2v) is 5.74. The first kappa shape index (κ1) is 14.5. The lowest BCUT2D eigenvalue weighted by Crippen LogP contribution is -2.46. The van der Waals surface area contributed by atoms with E-state index >= 15 is 0 Å². The van der Waals surface area contributed by atoms with E-state index in [2.05, 4.69) is 36.1 Å². The first-order chi connectivity index (χ1) is 9.13. The predicted octanol–water partition coefficient (Wildman–Crippen LogP) is 2.00. The molecule has 1 aromatic heterocycles. The average molecular weight is 264 g/mol. The molecule has 1 aliphatic rings. The van der Waals surface area contributed by atoms with E-state index in [9.17, 15) is 0 Å². The van der Waals surface area contributed by atoms with Crippen molar-refractivity contribution in [3.63, 3.8) is 0 Å². The number of nitrogens with zero attached hydrogens (tertiary/aromatic N) is 3. The van der Waals surface area contributed by atoms with Gasteiger partial charge in [0.2, 0.25) is 0 Å². The fourth-order valence-electron chi connectivity index (χ4n) is 3.07. The average Bonchev–Trinajstić information content (AvgIpc) is 2.65. The van der Waals surface area contributed by atoms with Crippen molar-refractivity contribution < 1.29 is 0 Å². The van der Waals surface area contributed by atoms with Crippen LogP contribution in [0.15, 0.2) is 0 Å². The monoisotopic (exact) mass is 264 g/mol. The molecule has 1 saturated heterocycles. The molecule has 0 aliphatic carbocycles. The maximum absolute atomic E-state index is 4.54. The van der Waals surface area contributed by atoms with Gasteiger partial charge in [-0.3, -0.25) is 9.58 Å². The first-order valence-corrected chi connectivity index (χ1v) is 7.57. The van der Waals surface area contributed by atoms with Gasteiger partial charge in [-0.05, 0) is 46.2 Å². The molecule has 4 nitrogen and oxygen atoms in total. The Hall–Kier alpha value is -0.870. The Bertz CT molecular complexity index is 405.